The van der Waals surface area contributed by atoms with Gasteiger partial charge in [-0.15, -0.1) is 0 Å². The molecule has 0 saturated heterocycles. The number of benzene rings is 2. The molecule has 96 valence electrons. The second-order valence-corrected chi connectivity index (χ2v) is 4.35. The lowest BCUT2D eigenvalue weighted by atomic mass is 9.93. The minimum Gasteiger partial charge on any atom is -0.488 e. The third-order valence-corrected chi connectivity index (χ3v) is 3.19. The summed E-state index contributed by atoms with van der Waals surface area (Å²) in [6, 6.07) is 13.4. The number of hydrogen-bond donors (Lipinski definition) is 0. The molecule has 0 atom stereocenters. The van der Waals surface area contributed by atoms with Crippen LogP contribution in [0.5, 0.6) is 5.75 Å². The fraction of sp³-hybridized carbons (Fsp3) is 0.188. The quantitative estimate of drug-likeness (QED) is 0.770. The summed E-state index contributed by atoms with van der Waals surface area (Å²) < 4.78 is 10.8. The molecule has 2 aromatic rings. The molecule has 0 aromatic heterocycles. The van der Waals surface area contributed by atoms with Crippen molar-refractivity contribution in [2.45, 2.75) is 13.5 Å². The van der Waals surface area contributed by atoms with Crippen molar-refractivity contribution in [3.05, 3.63) is 53.6 Å². The number of rotatable bonds is 2. The highest BCUT2D eigenvalue weighted by molar-refractivity contribution is 6.00. The molecule has 0 fully saturated rings. The number of fused-ring (bicyclic) bond motifs is 3. The first-order valence-corrected chi connectivity index (χ1v) is 6.32. The zero-order valence-corrected chi connectivity index (χ0v) is 10.7. The Balaban J connectivity index is 2.19. The molecule has 3 nitrogen and oxygen atoms in total. The lowest BCUT2D eigenvalue weighted by molar-refractivity contribution is 0.0526. The Hall–Kier alpha value is -2.29. The van der Waals surface area contributed by atoms with E-state index in [9.17, 15) is 4.79 Å². The van der Waals surface area contributed by atoms with Crippen LogP contribution in [0.3, 0.4) is 0 Å². The Labute approximate surface area is 111 Å². The molecule has 0 aliphatic carbocycles. The number of esters is 1. The van der Waals surface area contributed by atoms with Crippen LogP contribution in [0.2, 0.25) is 0 Å². The minimum absolute atomic E-state index is 0.306. The highest BCUT2D eigenvalue weighted by atomic mass is 16.5. The molecule has 3 rings (SSSR count). The van der Waals surface area contributed by atoms with Gasteiger partial charge in [0.2, 0.25) is 0 Å². The van der Waals surface area contributed by atoms with Crippen LogP contribution in [0.1, 0.15) is 22.8 Å². The van der Waals surface area contributed by atoms with Crippen LogP contribution in [0.4, 0.5) is 0 Å². The lowest BCUT2D eigenvalue weighted by Crippen LogP contribution is -2.12. The molecule has 19 heavy (non-hydrogen) atoms. The molecule has 0 unspecified atom stereocenters. The van der Waals surface area contributed by atoms with Gasteiger partial charge in [-0.1, -0.05) is 30.3 Å². The second-order valence-electron chi connectivity index (χ2n) is 4.35. The van der Waals surface area contributed by atoms with E-state index in [1.807, 2.05) is 36.4 Å². The highest BCUT2D eigenvalue weighted by Gasteiger charge is 2.23. The number of ether oxygens (including phenoxy) is 2. The molecular formula is C16H14O3. The largest absolute Gasteiger partial charge is 0.488 e. The van der Waals surface area contributed by atoms with Crippen molar-refractivity contribution in [3.63, 3.8) is 0 Å². The van der Waals surface area contributed by atoms with E-state index in [1.165, 1.54) is 0 Å². The molecule has 0 bridgehead atoms. The first-order chi connectivity index (χ1) is 9.31. The van der Waals surface area contributed by atoms with Gasteiger partial charge in [0.25, 0.3) is 0 Å². The van der Waals surface area contributed by atoms with Gasteiger partial charge in [0.05, 0.1) is 12.2 Å². The predicted molar refractivity (Wildman–Crippen MR) is 72.2 cm³/mol. The maximum Gasteiger partial charge on any atom is 0.338 e. The van der Waals surface area contributed by atoms with Crippen molar-refractivity contribution in [2.24, 2.45) is 0 Å². The second kappa shape index (κ2) is 4.76. The van der Waals surface area contributed by atoms with E-state index in [-0.39, 0.29) is 5.97 Å². The van der Waals surface area contributed by atoms with Gasteiger partial charge >= 0.3 is 5.97 Å². The van der Waals surface area contributed by atoms with E-state index < -0.39 is 0 Å². The number of hydrogen-bond acceptors (Lipinski definition) is 3. The molecule has 3 heteroatoms. The first-order valence-electron chi connectivity index (χ1n) is 6.32. The molecule has 1 aliphatic rings. The smallest absolute Gasteiger partial charge is 0.338 e. The van der Waals surface area contributed by atoms with Gasteiger partial charge < -0.3 is 9.47 Å². The molecule has 1 aliphatic heterocycles. The SMILES string of the molecule is CCOC(=O)c1cccc2c1-c1ccccc1CO2. The van der Waals surface area contributed by atoms with Gasteiger partial charge in [0.1, 0.15) is 12.4 Å². The van der Waals surface area contributed by atoms with E-state index in [0.29, 0.717) is 18.8 Å². The van der Waals surface area contributed by atoms with Gasteiger partial charge in [-0.05, 0) is 30.2 Å². The molecule has 0 N–H and O–H groups in total. The number of carbonyl (C=O) groups is 1. The fourth-order valence-electron chi connectivity index (χ4n) is 2.35. The van der Waals surface area contributed by atoms with E-state index in [2.05, 4.69) is 0 Å². The monoisotopic (exact) mass is 254 g/mol. The zero-order valence-electron chi connectivity index (χ0n) is 10.7. The Bertz CT molecular complexity index is 632. The molecule has 1 heterocycles. The van der Waals surface area contributed by atoms with E-state index in [1.54, 1.807) is 13.0 Å². The maximum atomic E-state index is 12.0. The Morgan fingerprint density at radius 2 is 2.05 bits per heavy atom. The topological polar surface area (TPSA) is 35.5 Å². The zero-order chi connectivity index (χ0) is 13.2. The normalized spacial score (nSPS) is 12.1. The van der Waals surface area contributed by atoms with Gasteiger partial charge in [0, 0.05) is 5.56 Å². The predicted octanol–water partition coefficient (Wildman–Crippen LogP) is 3.42. The molecule has 2 aromatic carbocycles. The van der Waals surface area contributed by atoms with Crippen LogP contribution in [0.15, 0.2) is 42.5 Å². The average Bonchev–Trinajstić information content (AvgIpc) is 2.46. The minimum atomic E-state index is -0.306. The average molecular weight is 254 g/mol. The van der Waals surface area contributed by atoms with Gasteiger partial charge in [-0.25, -0.2) is 4.79 Å². The standard InChI is InChI=1S/C16H14O3/c1-2-18-16(17)13-8-5-9-14-15(13)12-7-4-3-6-11(12)10-19-14/h3-9H,2,10H2,1H3. The summed E-state index contributed by atoms with van der Waals surface area (Å²) in [6.07, 6.45) is 0. The van der Waals surface area contributed by atoms with E-state index in [0.717, 1.165) is 22.4 Å². The summed E-state index contributed by atoms with van der Waals surface area (Å²) in [6.45, 7) is 2.71. The Kier molecular flexibility index (Phi) is 2.95. The molecule has 0 spiro atoms. The Morgan fingerprint density at radius 1 is 1.21 bits per heavy atom. The summed E-state index contributed by atoms with van der Waals surface area (Å²) in [5, 5.41) is 0. The Morgan fingerprint density at radius 3 is 2.89 bits per heavy atom. The lowest BCUT2D eigenvalue weighted by Gasteiger charge is -2.22. The van der Waals surface area contributed by atoms with Crippen molar-refractivity contribution in [1.82, 2.24) is 0 Å². The maximum absolute atomic E-state index is 12.0. The van der Waals surface area contributed by atoms with Crippen LogP contribution in [0.25, 0.3) is 11.1 Å². The summed E-state index contributed by atoms with van der Waals surface area (Å²) in [4.78, 5) is 12.0. The van der Waals surface area contributed by atoms with Gasteiger partial charge in [-0.2, -0.15) is 0 Å². The highest BCUT2D eigenvalue weighted by Crippen LogP contribution is 2.39. The summed E-state index contributed by atoms with van der Waals surface area (Å²) in [7, 11) is 0. The third kappa shape index (κ3) is 1.97. The third-order valence-electron chi connectivity index (χ3n) is 3.19. The van der Waals surface area contributed by atoms with Crippen LogP contribution < -0.4 is 4.74 Å². The van der Waals surface area contributed by atoms with E-state index >= 15 is 0 Å². The van der Waals surface area contributed by atoms with Crippen molar-refractivity contribution < 1.29 is 14.3 Å². The van der Waals surface area contributed by atoms with Crippen molar-refractivity contribution in [1.29, 1.82) is 0 Å². The van der Waals surface area contributed by atoms with Gasteiger partial charge in [0.15, 0.2) is 0 Å². The molecule has 0 amide bonds. The van der Waals surface area contributed by atoms with Crippen LogP contribution >= 0.6 is 0 Å². The molecular weight excluding hydrogens is 240 g/mol. The van der Waals surface area contributed by atoms with E-state index in [4.69, 9.17) is 9.47 Å². The first kappa shape index (κ1) is 11.8. The molecule has 0 radical (unpaired) electrons. The van der Waals surface area contributed by atoms with Crippen LogP contribution in [-0.4, -0.2) is 12.6 Å². The fourth-order valence-corrected chi connectivity index (χ4v) is 2.35. The summed E-state index contributed by atoms with van der Waals surface area (Å²) in [5.41, 5.74) is 3.54. The van der Waals surface area contributed by atoms with Crippen molar-refractivity contribution in [3.8, 4) is 16.9 Å². The summed E-state index contributed by atoms with van der Waals surface area (Å²) in [5.74, 6) is 0.434. The van der Waals surface area contributed by atoms with Crippen molar-refractivity contribution >= 4 is 5.97 Å². The van der Waals surface area contributed by atoms with Crippen LogP contribution in [-0.2, 0) is 11.3 Å². The number of carbonyl (C=O) groups excluding carboxylic acids is 1. The van der Waals surface area contributed by atoms with Gasteiger partial charge in [-0.3, -0.25) is 0 Å². The molecule has 0 saturated carbocycles. The van der Waals surface area contributed by atoms with Crippen molar-refractivity contribution in [2.75, 3.05) is 6.61 Å². The van der Waals surface area contributed by atoms with Crippen LogP contribution in [0, 0.1) is 0 Å². The summed E-state index contributed by atoms with van der Waals surface area (Å²) >= 11 is 0.